The van der Waals surface area contributed by atoms with Gasteiger partial charge in [-0.2, -0.15) is 0 Å². The molecule has 1 aromatic heterocycles. The van der Waals surface area contributed by atoms with Gasteiger partial charge < -0.3 is 14.2 Å². The lowest BCUT2D eigenvalue weighted by molar-refractivity contribution is 0.0724. The standard InChI is InChI=1S/C16H20BrN2O2P/c1-12-11-16(22(20)18-7-9-21-10-8-18)13(2)19(12)15-5-3-14(17)4-6-15/h3-6,11,20H,7-10H2,1-2H3. The molecule has 0 radical (unpaired) electrons. The maximum atomic E-state index is 10.8. The second kappa shape index (κ2) is 6.81. The molecule has 0 amide bonds. The fourth-order valence-electron chi connectivity index (χ4n) is 2.83. The molecular formula is C16H20BrN2O2P. The molecule has 1 aromatic carbocycles. The summed E-state index contributed by atoms with van der Waals surface area (Å²) >= 11 is 3.47. The second-order valence-corrected chi connectivity index (χ2v) is 7.97. The van der Waals surface area contributed by atoms with Crippen LogP contribution in [-0.2, 0) is 4.74 Å². The molecule has 22 heavy (non-hydrogen) atoms. The summed E-state index contributed by atoms with van der Waals surface area (Å²) in [4.78, 5) is 10.8. The number of halogens is 1. The minimum atomic E-state index is -1.28. The van der Waals surface area contributed by atoms with Crippen molar-refractivity contribution in [3.8, 4) is 5.69 Å². The van der Waals surface area contributed by atoms with E-state index in [9.17, 15) is 4.89 Å². The number of hydrogen-bond acceptors (Lipinski definition) is 3. The Labute approximate surface area is 140 Å². The highest BCUT2D eigenvalue weighted by molar-refractivity contribution is 9.10. The Morgan fingerprint density at radius 1 is 1.14 bits per heavy atom. The fraction of sp³-hybridized carbons (Fsp3) is 0.375. The van der Waals surface area contributed by atoms with Crippen molar-refractivity contribution in [2.24, 2.45) is 0 Å². The molecule has 118 valence electrons. The molecule has 1 aliphatic heterocycles. The van der Waals surface area contributed by atoms with Gasteiger partial charge in [-0.3, -0.25) is 4.67 Å². The Bertz CT molecular complexity index is 651. The van der Waals surface area contributed by atoms with Crippen molar-refractivity contribution < 1.29 is 9.63 Å². The Balaban J connectivity index is 1.94. The fourth-order valence-corrected chi connectivity index (χ4v) is 4.63. The molecule has 1 fully saturated rings. The van der Waals surface area contributed by atoms with E-state index in [0.717, 1.165) is 39.9 Å². The lowest BCUT2D eigenvalue weighted by atomic mass is 10.3. The number of nitrogens with zero attached hydrogens (tertiary/aromatic N) is 2. The van der Waals surface area contributed by atoms with Gasteiger partial charge in [0.05, 0.1) is 13.2 Å². The van der Waals surface area contributed by atoms with Gasteiger partial charge in [-0.15, -0.1) is 0 Å². The Morgan fingerprint density at radius 3 is 2.41 bits per heavy atom. The van der Waals surface area contributed by atoms with Gasteiger partial charge in [0.15, 0.2) is 0 Å². The van der Waals surface area contributed by atoms with E-state index in [1.165, 1.54) is 0 Å². The average Bonchev–Trinajstić information content (AvgIpc) is 2.83. The number of morpholine rings is 1. The Morgan fingerprint density at radius 2 is 1.77 bits per heavy atom. The van der Waals surface area contributed by atoms with E-state index in [1.54, 1.807) is 0 Å². The number of ether oxygens (including phenoxy) is 1. The molecule has 1 unspecified atom stereocenters. The highest BCUT2D eigenvalue weighted by Gasteiger charge is 2.25. The Hall–Kier alpha value is -0.710. The Kier molecular flexibility index (Phi) is 5.00. The van der Waals surface area contributed by atoms with Crippen LogP contribution >= 0.6 is 24.2 Å². The van der Waals surface area contributed by atoms with Crippen LogP contribution in [0.25, 0.3) is 5.69 Å². The third kappa shape index (κ3) is 3.15. The lowest BCUT2D eigenvalue weighted by Gasteiger charge is -2.30. The quantitative estimate of drug-likeness (QED) is 0.828. The number of aryl methyl sites for hydroxylation is 1. The summed E-state index contributed by atoms with van der Waals surface area (Å²) in [5.41, 5.74) is 3.37. The summed E-state index contributed by atoms with van der Waals surface area (Å²) in [7, 11) is -1.28. The number of aromatic nitrogens is 1. The van der Waals surface area contributed by atoms with Crippen LogP contribution in [0.15, 0.2) is 34.8 Å². The van der Waals surface area contributed by atoms with Crippen molar-refractivity contribution in [2.45, 2.75) is 13.8 Å². The van der Waals surface area contributed by atoms with Gasteiger partial charge in [0.25, 0.3) is 0 Å². The van der Waals surface area contributed by atoms with Crippen LogP contribution in [-0.4, -0.2) is 40.4 Å². The number of hydrogen-bond donors (Lipinski definition) is 1. The summed E-state index contributed by atoms with van der Waals surface area (Å²) in [6, 6.07) is 10.4. The lowest BCUT2D eigenvalue weighted by Crippen LogP contribution is -2.34. The van der Waals surface area contributed by atoms with Crippen LogP contribution in [0.2, 0.25) is 0 Å². The monoisotopic (exact) mass is 382 g/mol. The van der Waals surface area contributed by atoms with E-state index in [-0.39, 0.29) is 0 Å². The van der Waals surface area contributed by atoms with Crippen LogP contribution in [0, 0.1) is 13.8 Å². The molecular weight excluding hydrogens is 363 g/mol. The molecule has 0 saturated carbocycles. The minimum Gasteiger partial charge on any atom is -0.379 e. The summed E-state index contributed by atoms with van der Waals surface area (Å²) in [6.45, 7) is 7.15. The van der Waals surface area contributed by atoms with Crippen LogP contribution in [0.3, 0.4) is 0 Å². The summed E-state index contributed by atoms with van der Waals surface area (Å²) in [5, 5.41) is 1.04. The minimum absolute atomic E-state index is 0.699. The zero-order valence-electron chi connectivity index (χ0n) is 12.8. The van der Waals surface area contributed by atoms with Crippen molar-refractivity contribution in [2.75, 3.05) is 26.3 Å². The molecule has 6 heteroatoms. The van der Waals surface area contributed by atoms with Crippen LogP contribution in [0.1, 0.15) is 11.4 Å². The van der Waals surface area contributed by atoms with Gasteiger partial charge in [-0.05, 0) is 44.2 Å². The smallest absolute Gasteiger partial charge is 0.136 e. The summed E-state index contributed by atoms with van der Waals surface area (Å²) in [6.07, 6.45) is 0. The molecule has 1 aliphatic rings. The van der Waals surface area contributed by atoms with Crippen molar-refractivity contribution in [1.82, 2.24) is 9.24 Å². The maximum Gasteiger partial charge on any atom is 0.136 e. The third-order valence-electron chi connectivity index (χ3n) is 3.96. The van der Waals surface area contributed by atoms with Gasteiger partial charge in [0.2, 0.25) is 0 Å². The zero-order chi connectivity index (χ0) is 15.7. The molecule has 0 spiro atoms. The molecule has 3 rings (SSSR count). The predicted molar refractivity (Wildman–Crippen MR) is 94.1 cm³/mol. The van der Waals surface area contributed by atoms with Gasteiger partial charge >= 0.3 is 0 Å². The average molecular weight is 383 g/mol. The van der Waals surface area contributed by atoms with Crippen molar-refractivity contribution in [3.63, 3.8) is 0 Å². The van der Waals surface area contributed by atoms with Crippen molar-refractivity contribution in [3.05, 3.63) is 46.2 Å². The van der Waals surface area contributed by atoms with Gasteiger partial charge in [0, 0.05) is 39.9 Å². The van der Waals surface area contributed by atoms with Gasteiger partial charge in [0.1, 0.15) is 8.30 Å². The molecule has 1 atom stereocenters. The van der Waals surface area contributed by atoms with Crippen molar-refractivity contribution >= 4 is 29.5 Å². The van der Waals surface area contributed by atoms with E-state index in [4.69, 9.17) is 4.74 Å². The maximum absolute atomic E-state index is 10.8. The zero-order valence-corrected chi connectivity index (χ0v) is 15.3. The molecule has 4 nitrogen and oxygen atoms in total. The van der Waals surface area contributed by atoms with E-state index in [2.05, 4.69) is 57.2 Å². The largest absolute Gasteiger partial charge is 0.379 e. The van der Waals surface area contributed by atoms with E-state index >= 15 is 0 Å². The number of benzene rings is 1. The van der Waals surface area contributed by atoms with Crippen LogP contribution < -0.4 is 5.30 Å². The normalized spacial score (nSPS) is 17.6. The third-order valence-corrected chi connectivity index (χ3v) is 6.31. The van der Waals surface area contributed by atoms with Crippen LogP contribution in [0.4, 0.5) is 0 Å². The first-order valence-electron chi connectivity index (χ1n) is 7.34. The first kappa shape index (κ1) is 16.2. The molecule has 2 aromatic rings. The van der Waals surface area contributed by atoms with Crippen LogP contribution in [0.5, 0.6) is 0 Å². The van der Waals surface area contributed by atoms with Crippen molar-refractivity contribution in [1.29, 1.82) is 0 Å². The molecule has 1 N–H and O–H groups in total. The van der Waals surface area contributed by atoms with E-state index in [0.29, 0.717) is 13.2 Å². The van der Waals surface area contributed by atoms with E-state index in [1.807, 2.05) is 12.1 Å². The highest BCUT2D eigenvalue weighted by atomic mass is 79.9. The van der Waals surface area contributed by atoms with Gasteiger partial charge in [-0.1, -0.05) is 15.9 Å². The highest BCUT2D eigenvalue weighted by Crippen LogP contribution is 2.37. The van der Waals surface area contributed by atoms with E-state index < -0.39 is 8.30 Å². The summed E-state index contributed by atoms with van der Waals surface area (Å²) in [5.74, 6) is 0. The molecule has 0 aliphatic carbocycles. The predicted octanol–water partition coefficient (Wildman–Crippen LogP) is 3.12. The number of rotatable bonds is 3. The summed E-state index contributed by atoms with van der Waals surface area (Å²) < 4.78 is 10.8. The first-order valence-corrected chi connectivity index (χ1v) is 9.38. The topological polar surface area (TPSA) is 37.6 Å². The molecule has 0 bridgehead atoms. The SMILES string of the molecule is Cc1cc(P(O)N2CCOCC2)c(C)n1-c1ccc(Br)cc1. The second-order valence-electron chi connectivity index (χ2n) is 5.42. The van der Waals surface area contributed by atoms with Gasteiger partial charge in [-0.25, -0.2) is 0 Å². The molecule has 2 heterocycles. The first-order chi connectivity index (χ1) is 10.6. The molecule has 1 saturated heterocycles.